The molecule has 14 heteroatoms. The Hall–Kier alpha value is -4.11. The number of carbonyl (C=O) groups excluding carboxylic acids is 2. The zero-order valence-corrected chi connectivity index (χ0v) is 19.0. The number of anilines is 3. The minimum atomic E-state index is -3.46. The molecule has 0 saturated heterocycles. The molecular weight excluding hydrogens is 464 g/mol. The number of hydrogen-bond donors (Lipinski definition) is 6. The van der Waals surface area contributed by atoms with E-state index in [1.807, 2.05) is 0 Å². The molecule has 186 valence electrons. The van der Waals surface area contributed by atoms with Crippen LogP contribution in [-0.2, 0) is 16.1 Å². The number of carbonyl (C=O) groups is 2. The number of methoxy groups -OCH3 is 2. The van der Waals surface area contributed by atoms with Crippen molar-refractivity contribution < 1.29 is 38.9 Å². The van der Waals surface area contributed by atoms with Gasteiger partial charge in [-0.2, -0.15) is 4.98 Å². The lowest BCUT2D eigenvalue weighted by molar-refractivity contribution is -0.323. The first-order chi connectivity index (χ1) is 16.6. The maximum absolute atomic E-state index is 12.5. The number of hydrogen-bond acceptors (Lipinski definition) is 12. The molecule has 0 radical (unpaired) electrons. The second kappa shape index (κ2) is 10.9. The van der Waals surface area contributed by atoms with Crippen LogP contribution in [0.15, 0.2) is 35.0 Å². The van der Waals surface area contributed by atoms with E-state index in [0.29, 0.717) is 17.0 Å². The highest BCUT2D eigenvalue weighted by Crippen LogP contribution is 2.37. The van der Waals surface area contributed by atoms with E-state index < -0.39 is 12.0 Å². The average Bonchev–Trinajstić information content (AvgIpc) is 3.26. The molecule has 0 fully saturated rings. The van der Waals surface area contributed by atoms with Gasteiger partial charge in [0.05, 0.1) is 29.6 Å². The molecule has 3 aromatic rings. The smallest absolute Gasteiger partial charge is 0.369 e. The van der Waals surface area contributed by atoms with Crippen LogP contribution in [0.5, 0.6) is 5.75 Å². The van der Waals surface area contributed by atoms with Gasteiger partial charge in [-0.3, -0.25) is 14.9 Å². The summed E-state index contributed by atoms with van der Waals surface area (Å²) in [5.74, 6) is -0.487. The predicted molar refractivity (Wildman–Crippen MR) is 120 cm³/mol. The van der Waals surface area contributed by atoms with Gasteiger partial charge in [-0.1, -0.05) is 18.1 Å². The van der Waals surface area contributed by atoms with Crippen LogP contribution in [0.3, 0.4) is 0 Å². The molecule has 0 atom stereocenters. The highest BCUT2D eigenvalue weighted by atomic mass is 16.7. The number of nitrogens with zero attached hydrogens (tertiary/aromatic N) is 3. The third kappa shape index (κ3) is 6.48. The fourth-order valence-electron chi connectivity index (χ4n) is 2.98. The lowest BCUT2D eigenvalue weighted by atomic mass is 10.1. The number of benzene rings is 1. The topological polar surface area (TPSA) is 201 Å². The summed E-state index contributed by atoms with van der Waals surface area (Å²) >= 11 is 0. The molecule has 2 amide bonds. The van der Waals surface area contributed by atoms with Crippen LogP contribution in [0.1, 0.15) is 29.6 Å². The molecule has 6 N–H and O–H groups in total. The van der Waals surface area contributed by atoms with E-state index >= 15 is 0 Å². The zero-order valence-electron chi connectivity index (χ0n) is 19.0. The van der Waals surface area contributed by atoms with Crippen molar-refractivity contribution in [1.82, 2.24) is 20.4 Å². The van der Waals surface area contributed by atoms with Gasteiger partial charge in [0.25, 0.3) is 11.8 Å². The van der Waals surface area contributed by atoms with Crippen LogP contribution in [0.2, 0.25) is 0 Å². The lowest BCUT2D eigenvalue weighted by Gasteiger charge is -2.19. The average molecular weight is 488 g/mol. The number of para-hydroxylation sites is 1. The molecule has 1 aromatic carbocycles. The summed E-state index contributed by atoms with van der Waals surface area (Å²) in [6, 6.07) is 6.36. The normalized spacial score (nSPS) is 11.1. The zero-order chi connectivity index (χ0) is 25.6. The molecule has 0 aliphatic heterocycles. The highest BCUT2D eigenvalue weighted by Gasteiger charge is 2.25. The molecule has 0 aliphatic rings. The molecule has 14 nitrogen and oxygen atoms in total. The summed E-state index contributed by atoms with van der Waals surface area (Å²) in [5.41, 5.74) is 0.731. The number of aromatic nitrogens is 3. The van der Waals surface area contributed by atoms with E-state index in [0.717, 1.165) is 6.20 Å². The fraction of sp³-hybridized carbons (Fsp3) is 0.286. The quantitative estimate of drug-likeness (QED) is 0.218. The Morgan fingerprint density at radius 1 is 1.17 bits per heavy atom. The first kappa shape index (κ1) is 25.5. The van der Waals surface area contributed by atoms with Gasteiger partial charge in [-0.15, -0.1) is 0 Å². The number of nitrogens with one attached hydrogen (secondary N) is 3. The van der Waals surface area contributed by atoms with E-state index in [-0.39, 0.29) is 47.7 Å². The van der Waals surface area contributed by atoms with Crippen LogP contribution in [0, 0.1) is 0 Å². The number of pyridine rings is 1. The molecule has 0 saturated carbocycles. The van der Waals surface area contributed by atoms with E-state index in [1.165, 1.54) is 20.3 Å². The Labute approximate surface area is 198 Å². The van der Waals surface area contributed by atoms with Gasteiger partial charge in [0.1, 0.15) is 12.4 Å². The first-order valence-corrected chi connectivity index (χ1v) is 10.2. The SMILES string of the molecule is CCC(=O)Nc1cc(Nc2cccc(-c3noc(COC)n3)c2OC)c(C(=O)NC(O)(O)O)cn1. The fourth-order valence-corrected chi connectivity index (χ4v) is 2.98. The third-order valence-electron chi connectivity index (χ3n) is 4.48. The van der Waals surface area contributed by atoms with Gasteiger partial charge in [-0.25, -0.2) is 4.98 Å². The third-order valence-corrected chi connectivity index (χ3v) is 4.48. The molecule has 2 aromatic heterocycles. The van der Waals surface area contributed by atoms with Crippen molar-refractivity contribution in [2.75, 3.05) is 24.9 Å². The van der Waals surface area contributed by atoms with Crippen LogP contribution in [-0.4, -0.2) is 62.6 Å². The lowest BCUT2D eigenvalue weighted by Crippen LogP contribution is -2.48. The molecule has 2 heterocycles. The Kier molecular flexibility index (Phi) is 7.93. The highest BCUT2D eigenvalue weighted by molar-refractivity contribution is 6.01. The van der Waals surface area contributed by atoms with Crippen molar-refractivity contribution >= 4 is 29.0 Å². The summed E-state index contributed by atoms with van der Waals surface area (Å²) in [7, 11) is 2.91. The van der Waals surface area contributed by atoms with Gasteiger partial charge >= 0.3 is 6.10 Å². The number of aliphatic hydroxyl groups is 3. The van der Waals surface area contributed by atoms with E-state index in [1.54, 1.807) is 30.4 Å². The van der Waals surface area contributed by atoms with E-state index in [2.05, 4.69) is 25.8 Å². The number of amides is 2. The summed E-state index contributed by atoms with van der Waals surface area (Å²) in [5, 5.41) is 38.5. The Bertz CT molecular complexity index is 1210. The summed E-state index contributed by atoms with van der Waals surface area (Å²) < 4.78 is 15.7. The molecule has 0 aliphatic carbocycles. The Balaban J connectivity index is 2.04. The van der Waals surface area contributed by atoms with E-state index in [4.69, 9.17) is 29.3 Å². The minimum absolute atomic E-state index is 0.0942. The van der Waals surface area contributed by atoms with Crippen molar-refractivity contribution in [3.05, 3.63) is 41.9 Å². The van der Waals surface area contributed by atoms with Gasteiger partial charge in [0.2, 0.25) is 11.7 Å². The largest absolute Gasteiger partial charge is 0.494 e. The summed E-state index contributed by atoms with van der Waals surface area (Å²) in [4.78, 5) is 32.6. The Morgan fingerprint density at radius 2 is 1.94 bits per heavy atom. The van der Waals surface area contributed by atoms with Gasteiger partial charge in [-0.05, 0) is 12.1 Å². The minimum Gasteiger partial charge on any atom is -0.494 e. The number of ether oxygens (including phenoxy) is 2. The second-order valence-corrected chi connectivity index (χ2v) is 7.06. The first-order valence-electron chi connectivity index (χ1n) is 10.2. The molecule has 3 rings (SSSR count). The molecule has 0 unspecified atom stereocenters. The molecule has 0 spiro atoms. The molecular formula is C21H24N6O8. The van der Waals surface area contributed by atoms with Crippen molar-refractivity contribution in [3.8, 4) is 17.1 Å². The Morgan fingerprint density at radius 3 is 2.60 bits per heavy atom. The monoisotopic (exact) mass is 488 g/mol. The number of rotatable bonds is 10. The van der Waals surface area contributed by atoms with Gasteiger partial charge in [0, 0.05) is 25.8 Å². The predicted octanol–water partition coefficient (Wildman–Crippen LogP) is 0.697. The van der Waals surface area contributed by atoms with Crippen LogP contribution in [0.4, 0.5) is 17.2 Å². The molecule has 35 heavy (non-hydrogen) atoms. The van der Waals surface area contributed by atoms with Crippen molar-refractivity contribution in [2.24, 2.45) is 0 Å². The summed E-state index contributed by atoms with van der Waals surface area (Å²) in [6.07, 6.45) is -2.18. The van der Waals surface area contributed by atoms with Crippen molar-refractivity contribution in [2.45, 2.75) is 26.0 Å². The second-order valence-electron chi connectivity index (χ2n) is 7.06. The van der Waals surface area contributed by atoms with Crippen LogP contribution < -0.4 is 20.7 Å². The van der Waals surface area contributed by atoms with Crippen LogP contribution >= 0.6 is 0 Å². The maximum atomic E-state index is 12.5. The van der Waals surface area contributed by atoms with Crippen LogP contribution in [0.25, 0.3) is 11.4 Å². The molecule has 0 bridgehead atoms. The van der Waals surface area contributed by atoms with Gasteiger partial charge in [0.15, 0.2) is 5.75 Å². The maximum Gasteiger partial charge on any atom is 0.369 e. The van der Waals surface area contributed by atoms with E-state index in [9.17, 15) is 9.59 Å². The van der Waals surface area contributed by atoms with Crippen molar-refractivity contribution in [1.29, 1.82) is 0 Å². The van der Waals surface area contributed by atoms with Crippen molar-refractivity contribution in [3.63, 3.8) is 0 Å². The van der Waals surface area contributed by atoms with Gasteiger partial charge < -0.3 is 39.9 Å². The summed E-state index contributed by atoms with van der Waals surface area (Å²) in [6.45, 7) is 1.78. The standard InChI is InChI=1S/C21H24N6O8/c1-4-16(28)24-15-8-14(12(9-22-15)20(29)26-21(30,31)32)23-13-7-5-6-11(18(13)34-3)19-25-17(10-33-2)35-27-19/h5-9,30-32H,4,10H2,1-3H3,(H,26,29)(H2,22,23,24,28).